The summed E-state index contributed by atoms with van der Waals surface area (Å²) in [5.74, 6) is -0.260. The third kappa shape index (κ3) is 4.66. The van der Waals surface area contributed by atoms with Crippen LogP contribution in [0.2, 0.25) is 5.02 Å². The normalized spacial score (nSPS) is 19.4. The van der Waals surface area contributed by atoms with Crippen LogP contribution in [0.1, 0.15) is 17.9 Å². The number of benzene rings is 2. The Hall–Kier alpha value is -2.21. The fourth-order valence-electron chi connectivity index (χ4n) is 2.67. The Bertz CT molecular complexity index is 779. The molecule has 25 heavy (non-hydrogen) atoms. The first kappa shape index (κ1) is 17.6. The molecule has 1 N–H and O–H groups in total. The largest absolute Gasteiger partial charge is 0.484 e. The van der Waals surface area contributed by atoms with E-state index in [0.29, 0.717) is 17.1 Å². The molecule has 1 aliphatic rings. The Labute approximate surface area is 147 Å². The third-order valence-corrected chi connectivity index (χ3v) is 4.28. The van der Waals surface area contributed by atoms with E-state index in [1.165, 1.54) is 18.2 Å². The van der Waals surface area contributed by atoms with Gasteiger partial charge in [-0.1, -0.05) is 35.9 Å². The lowest BCUT2D eigenvalue weighted by Crippen LogP contribution is -2.19. The van der Waals surface area contributed by atoms with Gasteiger partial charge in [-0.3, -0.25) is 4.79 Å². The molecule has 3 rings (SSSR count). The van der Waals surface area contributed by atoms with Gasteiger partial charge in [0.1, 0.15) is 5.75 Å². The zero-order valence-corrected chi connectivity index (χ0v) is 13.8. The first-order valence-corrected chi connectivity index (χ1v) is 8.06. The molecule has 0 aliphatic heterocycles. The smallest absolute Gasteiger partial charge is 0.422 e. The average molecular weight is 370 g/mol. The lowest BCUT2D eigenvalue weighted by Gasteiger charge is -2.11. The molecule has 2 aromatic rings. The van der Waals surface area contributed by atoms with Crippen LogP contribution in [0.5, 0.6) is 5.75 Å². The van der Waals surface area contributed by atoms with Crippen LogP contribution >= 0.6 is 11.6 Å². The second-order valence-corrected chi connectivity index (χ2v) is 6.30. The molecule has 0 radical (unpaired) electrons. The van der Waals surface area contributed by atoms with Crippen molar-refractivity contribution in [1.29, 1.82) is 0 Å². The van der Waals surface area contributed by atoms with Gasteiger partial charge < -0.3 is 10.1 Å². The summed E-state index contributed by atoms with van der Waals surface area (Å²) < 4.78 is 41.3. The number of amides is 1. The van der Waals surface area contributed by atoms with Crippen molar-refractivity contribution in [3.8, 4) is 5.75 Å². The third-order valence-electron chi connectivity index (χ3n) is 3.94. The summed E-state index contributed by atoms with van der Waals surface area (Å²) in [7, 11) is 0. The molecule has 2 unspecified atom stereocenters. The Morgan fingerprint density at radius 3 is 2.68 bits per heavy atom. The Balaban J connectivity index is 1.60. The molecular weight excluding hydrogens is 355 g/mol. The van der Waals surface area contributed by atoms with E-state index in [4.69, 9.17) is 11.6 Å². The molecule has 2 atom stereocenters. The Morgan fingerprint density at radius 2 is 1.96 bits per heavy atom. The van der Waals surface area contributed by atoms with Crippen LogP contribution in [-0.2, 0) is 4.79 Å². The van der Waals surface area contributed by atoms with Gasteiger partial charge in [0.2, 0.25) is 5.91 Å². The zero-order chi connectivity index (χ0) is 18.0. The van der Waals surface area contributed by atoms with Crippen molar-refractivity contribution in [2.45, 2.75) is 18.5 Å². The van der Waals surface area contributed by atoms with Gasteiger partial charge in [-0.15, -0.1) is 0 Å². The lowest BCUT2D eigenvalue weighted by atomic mass is 10.1. The quantitative estimate of drug-likeness (QED) is 0.803. The summed E-state index contributed by atoms with van der Waals surface area (Å²) in [4.78, 5) is 12.3. The highest BCUT2D eigenvalue weighted by molar-refractivity contribution is 6.31. The number of hydrogen-bond acceptors (Lipinski definition) is 2. The van der Waals surface area contributed by atoms with Crippen LogP contribution in [0.3, 0.4) is 0 Å². The molecule has 7 heteroatoms. The van der Waals surface area contributed by atoms with Gasteiger partial charge in [-0.25, -0.2) is 0 Å². The van der Waals surface area contributed by atoms with E-state index in [1.54, 1.807) is 12.1 Å². The van der Waals surface area contributed by atoms with Gasteiger partial charge in [0.15, 0.2) is 6.61 Å². The number of alkyl halides is 3. The van der Waals surface area contributed by atoms with E-state index in [-0.39, 0.29) is 23.5 Å². The van der Waals surface area contributed by atoms with E-state index in [2.05, 4.69) is 10.1 Å². The van der Waals surface area contributed by atoms with E-state index in [0.717, 1.165) is 5.56 Å². The standard InChI is InChI=1S/C18H15ClF3NO2/c19-16-7-2-1-6-13(16)14-9-15(14)17(24)23-11-4-3-5-12(8-11)25-10-18(20,21)22/h1-8,14-15H,9-10H2,(H,23,24). The molecule has 0 heterocycles. The highest BCUT2D eigenvalue weighted by Crippen LogP contribution is 2.50. The highest BCUT2D eigenvalue weighted by Gasteiger charge is 2.44. The van der Waals surface area contributed by atoms with Crippen molar-refractivity contribution >= 4 is 23.2 Å². The molecule has 2 aromatic carbocycles. The number of halogens is 4. The molecule has 1 fully saturated rings. The number of hydrogen-bond donors (Lipinski definition) is 1. The molecule has 0 aromatic heterocycles. The van der Waals surface area contributed by atoms with Gasteiger partial charge in [0, 0.05) is 22.7 Å². The SMILES string of the molecule is O=C(Nc1cccc(OCC(F)(F)F)c1)C1CC1c1ccccc1Cl. The molecule has 0 spiro atoms. The fraction of sp³-hybridized carbons (Fsp3) is 0.278. The maximum atomic E-state index is 12.3. The first-order valence-electron chi connectivity index (χ1n) is 7.68. The van der Waals surface area contributed by atoms with Crippen molar-refractivity contribution < 1.29 is 22.7 Å². The number of ether oxygens (including phenoxy) is 1. The molecule has 1 saturated carbocycles. The van der Waals surface area contributed by atoms with Crippen molar-refractivity contribution in [1.82, 2.24) is 0 Å². The molecule has 1 aliphatic carbocycles. The molecule has 132 valence electrons. The van der Waals surface area contributed by atoms with Gasteiger partial charge in [0.25, 0.3) is 0 Å². The van der Waals surface area contributed by atoms with Crippen LogP contribution in [0, 0.1) is 5.92 Å². The van der Waals surface area contributed by atoms with Crippen LogP contribution in [0.25, 0.3) is 0 Å². The molecule has 0 saturated heterocycles. The first-order chi connectivity index (χ1) is 11.8. The van der Waals surface area contributed by atoms with E-state index >= 15 is 0 Å². The second kappa shape index (κ2) is 6.96. The van der Waals surface area contributed by atoms with Crippen LogP contribution in [-0.4, -0.2) is 18.7 Å². The van der Waals surface area contributed by atoms with Crippen LogP contribution in [0.15, 0.2) is 48.5 Å². The Kier molecular flexibility index (Phi) is 4.90. The van der Waals surface area contributed by atoms with Crippen molar-refractivity contribution in [3.63, 3.8) is 0 Å². The maximum absolute atomic E-state index is 12.3. The summed E-state index contributed by atoms with van der Waals surface area (Å²) in [6.07, 6.45) is -3.71. The molecule has 0 bridgehead atoms. The van der Waals surface area contributed by atoms with Crippen LogP contribution in [0.4, 0.5) is 18.9 Å². The van der Waals surface area contributed by atoms with Crippen LogP contribution < -0.4 is 10.1 Å². The Morgan fingerprint density at radius 1 is 1.20 bits per heavy atom. The van der Waals surface area contributed by atoms with E-state index in [9.17, 15) is 18.0 Å². The number of rotatable bonds is 5. The van der Waals surface area contributed by atoms with Gasteiger partial charge in [0.05, 0.1) is 0 Å². The predicted molar refractivity (Wildman–Crippen MR) is 88.9 cm³/mol. The van der Waals surface area contributed by atoms with E-state index in [1.807, 2.05) is 18.2 Å². The summed E-state index contributed by atoms with van der Waals surface area (Å²) >= 11 is 6.14. The lowest BCUT2D eigenvalue weighted by molar-refractivity contribution is -0.153. The minimum atomic E-state index is -4.41. The minimum absolute atomic E-state index is 0.0496. The van der Waals surface area contributed by atoms with Crippen molar-refractivity contribution in [2.24, 2.45) is 5.92 Å². The molecular formula is C18H15ClF3NO2. The summed E-state index contributed by atoms with van der Waals surface area (Å²) in [5, 5.41) is 3.35. The van der Waals surface area contributed by atoms with Gasteiger partial charge in [-0.2, -0.15) is 13.2 Å². The number of carbonyl (C=O) groups excluding carboxylic acids is 1. The topological polar surface area (TPSA) is 38.3 Å². The van der Waals surface area contributed by atoms with E-state index < -0.39 is 12.8 Å². The number of nitrogens with one attached hydrogen (secondary N) is 1. The van der Waals surface area contributed by atoms with Gasteiger partial charge >= 0.3 is 6.18 Å². The summed E-state index contributed by atoms with van der Waals surface area (Å²) in [6, 6.07) is 13.3. The number of carbonyl (C=O) groups is 1. The summed E-state index contributed by atoms with van der Waals surface area (Å²) in [5.41, 5.74) is 1.33. The number of anilines is 1. The maximum Gasteiger partial charge on any atom is 0.422 e. The minimum Gasteiger partial charge on any atom is -0.484 e. The summed E-state index contributed by atoms with van der Waals surface area (Å²) in [6.45, 7) is -1.37. The highest BCUT2D eigenvalue weighted by atomic mass is 35.5. The van der Waals surface area contributed by atoms with Crippen molar-refractivity contribution in [3.05, 3.63) is 59.1 Å². The molecule has 1 amide bonds. The zero-order valence-electron chi connectivity index (χ0n) is 13.0. The second-order valence-electron chi connectivity index (χ2n) is 5.89. The molecule has 3 nitrogen and oxygen atoms in total. The average Bonchev–Trinajstić information content (AvgIpc) is 3.34. The predicted octanol–water partition coefficient (Wildman–Crippen LogP) is 5.02. The monoisotopic (exact) mass is 369 g/mol. The fourth-order valence-corrected chi connectivity index (χ4v) is 2.94. The van der Waals surface area contributed by atoms with Crippen molar-refractivity contribution in [2.75, 3.05) is 11.9 Å². The van der Waals surface area contributed by atoms with Gasteiger partial charge in [-0.05, 0) is 36.1 Å².